The van der Waals surface area contributed by atoms with Gasteiger partial charge in [0.05, 0.1) is 12.3 Å². The number of aromatic nitrogens is 2. The van der Waals surface area contributed by atoms with Crippen molar-refractivity contribution in [2.24, 2.45) is 12.8 Å². The Morgan fingerprint density at radius 1 is 1.40 bits per heavy atom. The summed E-state index contributed by atoms with van der Waals surface area (Å²) >= 11 is 0. The number of hydrogen-bond donors (Lipinski definition) is 1. The number of nitrogens with two attached hydrogens (primary N) is 1. The van der Waals surface area contributed by atoms with Crippen LogP contribution in [0.4, 0.5) is 4.39 Å². The molecular weight excluding hydrogens is 257 g/mol. The standard InChI is InChI=1S/C15H20FN3O/c1-4-20-15-6-5-11(8-13(15)16)12(9-17)14-7-10(2)18-19(14)3/h5-8,12H,4,9,17H2,1-3H3. The SMILES string of the molecule is CCOc1ccc(C(CN)c2cc(C)nn2C)cc1F. The summed E-state index contributed by atoms with van der Waals surface area (Å²) < 4.78 is 21.0. The Hall–Kier alpha value is -1.88. The van der Waals surface area contributed by atoms with Crippen molar-refractivity contribution in [3.05, 3.63) is 47.0 Å². The molecule has 0 spiro atoms. The van der Waals surface area contributed by atoms with E-state index in [1.165, 1.54) is 6.07 Å². The number of hydrogen-bond acceptors (Lipinski definition) is 3. The summed E-state index contributed by atoms with van der Waals surface area (Å²) in [4.78, 5) is 0. The molecule has 0 radical (unpaired) electrons. The van der Waals surface area contributed by atoms with E-state index in [9.17, 15) is 4.39 Å². The number of benzene rings is 1. The molecule has 0 aliphatic heterocycles. The number of ether oxygens (including phenoxy) is 1. The number of halogens is 1. The van der Waals surface area contributed by atoms with Crippen LogP contribution < -0.4 is 10.5 Å². The van der Waals surface area contributed by atoms with E-state index in [-0.39, 0.29) is 17.5 Å². The van der Waals surface area contributed by atoms with Crippen LogP contribution >= 0.6 is 0 Å². The van der Waals surface area contributed by atoms with Crippen LogP contribution in [0.25, 0.3) is 0 Å². The van der Waals surface area contributed by atoms with Gasteiger partial charge >= 0.3 is 0 Å². The summed E-state index contributed by atoms with van der Waals surface area (Å²) in [6.07, 6.45) is 0. The van der Waals surface area contributed by atoms with Gasteiger partial charge in [0.2, 0.25) is 0 Å². The normalized spacial score (nSPS) is 12.4. The van der Waals surface area contributed by atoms with Gasteiger partial charge in [-0.25, -0.2) is 4.39 Å². The minimum absolute atomic E-state index is 0.0774. The van der Waals surface area contributed by atoms with E-state index in [2.05, 4.69) is 5.10 Å². The molecular formula is C15H20FN3O. The van der Waals surface area contributed by atoms with E-state index >= 15 is 0 Å². The molecule has 1 aromatic heterocycles. The lowest BCUT2D eigenvalue weighted by Crippen LogP contribution is -2.17. The fourth-order valence-corrected chi connectivity index (χ4v) is 2.39. The summed E-state index contributed by atoms with van der Waals surface area (Å²) in [6.45, 7) is 4.59. The second kappa shape index (κ2) is 6.05. The lowest BCUT2D eigenvalue weighted by molar-refractivity contribution is 0.321. The first kappa shape index (κ1) is 14.5. The van der Waals surface area contributed by atoms with Crippen LogP contribution in [-0.4, -0.2) is 22.9 Å². The Labute approximate surface area is 118 Å². The van der Waals surface area contributed by atoms with Gasteiger partial charge in [0.1, 0.15) is 0 Å². The quantitative estimate of drug-likeness (QED) is 0.912. The minimum Gasteiger partial charge on any atom is -0.491 e. The average molecular weight is 277 g/mol. The van der Waals surface area contributed by atoms with Gasteiger partial charge in [0, 0.05) is 25.2 Å². The molecule has 20 heavy (non-hydrogen) atoms. The predicted molar refractivity (Wildman–Crippen MR) is 76.4 cm³/mol. The number of nitrogens with zero attached hydrogens (tertiary/aromatic N) is 2. The predicted octanol–water partition coefficient (Wildman–Crippen LogP) is 2.36. The van der Waals surface area contributed by atoms with Crippen LogP contribution in [0.2, 0.25) is 0 Å². The molecule has 1 heterocycles. The maximum Gasteiger partial charge on any atom is 0.165 e. The zero-order valence-electron chi connectivity index (χ0n) is 12.1. The van der Waals surface area contributed by atoms with Crippen molar-refractivity contribution in [1.82, 2.24) is 9.78 Å². The number of aryl methyl sites for hydroxylation is 2. The van der Waals surface area contributed by atoms with E-state index in [0.29, 0.717) is 13.2 Å². The summed E-state index contributed by atoms with van der Waals surface area (Å²) in [5, 5.41) is 4.32. The Kier molecular flexibility index (Phi) is 4.39. The molecule has 0 aliphatic rings. The minimum atomic E-state index is -0.360. The van der Waals surface area contributed by atoms with Crippen LogP contribution in [-0.2, 0) is 7.05 Å². The van der Waals surface area contributed by atoms with E-state index < -0.39 is 0 Å². The van der Waals surface area contributed by atoms with Gasteiger partial charge in [-0.05, 0) is 37.6 Å². The van der Waals surface area contributed by atoms with E-state index in [1.54, 1.807) is 10.7 Å². The number of rotatable bonds is 5. The molecule has 0 amide bonds. The van der Waals surface area contributed by atoms with E-state index in [0.717, 1.165) is 17.0 Å². The summed E-state index contributed by atoms with van der Waals surface area (Å²) in [7, 11) is 1.87. The molecule has 1 aromatic carbocycles. The van der Waals surface area contributed by atoms with Crippen molar-refractivity contribution < 1.29 is 9.13 Å². The first-order valence-electron chi connectivity index (χ1n) is 6.69. The molecule has 1 unspecified atom stereocenters. The Bertz CT molecular complexity index is 595. The van der Waals surface area contributed by atoms with Crippen molar-refractivity contribution in [3.63, 3.8) is 0 Å². The van der Waals surface area contributed by atoms with Crippen LogP contribution in [0.15, 0.2) is 24.3 Å². The monoisotopic (exact) mass is 277 g/mol. The highest BCUT2D eigenvalue weighted by molar-refractivity contribution is 5.36. The molecule has 0 fully saturated rings. The van der Waals surface area contributed by atoms with Gasteiger partial charge < -0.3 is 10.5 Å². The fourth-order valence-electron chi connectivity index (χ4n) is 2.39. The highest BCUT2D eigenvalue weighted by Crippen LogP contribution is 2.27. The Morgan fingerprint density at radius 3 is 2.65 bits per heavy atom. The molecule has 0 saturated heterocycles. The first-order valence-corrected chi connectivity index (χ1v) is 6.69. The molecule has 0 saturated carbocycles. The smallest absolute Gasteiger partial charge is 0.165 e. The van der Waals surface area contributed by atoms with Crippen molar-refractivity contribution in [1.29, 1.82) is 0 Å². The molecule has 1 atom stereocenters. The van der Waals surface area contributed by atoms with Gasteiger partial charge in [-0.1, -0.05) is 6.07 Å². The second-order valence-corrected chi connectivity index (χ2v) is 4.75. The van der Waals surface area contributed by atoms with Crippen LogP contribution in [0.3, 0.4) is 0 Å². The van der Waals surface area contributed by atoms with Gasteiger partial charge in [-0.3, -0.25) is 4.68 Å². The lowest BCUT2D eigenvalue weighted by atomic mass is 9.95. The highest BCUT2D eigenvalue weighted by Gasteiger charge is 2.18. The van der Waals surface area contributed by atoms with Crippen LogP contribution in [0.5, 0.6) is 5.75 Å². The van der Waals surface area contributed by atoms with Gasteiger partial charge in [0.25, 0.3) is 0 Å². The Balaban J connectivity index is 2.37. The molecule has 2 rings (SSSR count). The largest absolute Gasteiger partial charge is 0.491 e. The van der Waals surface area contributed by atoms with E-state index in [4.69, 9.17) is 10.5 Å². The first-order chi connectivity index (χ1) is 9.56. The van der Waals surface area contributed by atoms with Gasteiger partial charge in [-0.15, -0.1) is 0 Å². The van der Waals surface area contributed by atoms with Gasteiger partial charge in [0.15, 0.2) is 11.6 Å². The summed E-state index contributed by atoms with van der Waals surface area (Å²) in [6, 6.07) is 6.98. The zero-order chi connectivity index (χ0) is 14.7. The van der Waals surface area contributed by atoms with Crippen LogP contribution in [0.1, 0.15) is 29.8 Å². The maximum absolute atomic E-state index is 14.0. The zero-order valence-corrected chi connectivity index (χ0v) is 12.1. The van der Waals surface area contributed by atoms with Crippen LogP contribution in [0, 0.1) is 12.7 Å². The Morgan fingerprint density at radius 2 is 2.15 bits per heavy atom. The van der Waals surface area contributed by atoms with Crippen molar-refractivity contribution in [3.8, 4) is 5.75 Å². The third-order valence-corrected chi connectivity index (χ3v) is 3.29. The highest BCUT2D eigenvalue weighted by atomic mass is 19.1. The molecule has 108 valence electrons. The van der Waals surface area contributed by atoms with Crippen molar-refractivity contribution in [2.45, 2.75) is 19.8 Å². The molecule has 4 nitrogen and oxygen atoms in total. The molecule has 5 heteroatoms. The molecule has 2 N–H and O–H groups in total. The fraction of sp³-hybridized carbons (Fsp3) is 0.400. The maximum atomic E-state index is 14.0. The molecule has 0 aliphatic carbocycles. The van der Waals surface area contributed by atoms with Gasteiger partial charge in [-0.2, -0.15) is 5.10 Å². The average Bonchev–Trinajstić information content (AvgIpc) is 2.73. The van der Waals surface area contributed by atoms with E-state index in [1.807, 2.05) is 33.0 Å². The summed E-state index contributed by atoms with van der Waals surface area (Å²) in [5.74, 6) is -0.165. The van der Waals surface area contributed by atoms with Crippen molar-refractivity contribution in [2.75, 3.05) is 13.2 Å². The third kappa shape index (κ3) is 2.82. The van der Waals surface area contributed by atoms with Crippen molar-refractivity contribution >= 4 is 0 Å². The summed E-state index contributed by atoms with van der Waals surface area (Å²) in [5.41, 5.74) is 8.60. The second-order valence-electron chi connectivity index (χ2n) is 4.75. The lowest BCUT2D eigenvalue weighted by Gasteiger charge is -2.16. The molecule has 0 bridgehead atoms. The topological polar surface area (TPSA) is 53.1 Å². The molecule has 2 aromatic rings. The third-order valence-electron chi connectivity index (χ3n) is 3.29.